The van der Waals surface area contributed by atoms with E-state index in [4.69, 9.17) is 19.2 Å². The highest BCUT2D eigenvalue weighted by Crippen LogP contribution is 2.26. The lowest BCUT2D eigenvalue weighted by Crippen LogP contribution is -2.46. The first-order valence-electron chi connectivity index (χ1n) is 11.1. The molecule has 0 saturated carbocycles. The van der Waals surface area contributed by atoms with Gasteiger partial charge in [-0.2, -0.15) is 4.98 Å². The van der Waals surface area contributed by atoms with E-state index in [1.54, 1.807) is 12.0 Å². The van der Waals surface area contributed by atoms with Crippen LogP contribution in [0.3, 0.4) is 0 Å². The van der Waals surface area contributed by atoms with Crippen molar-refractivity contribution in [3.63, 3.8) is 0 Å². The number of carbonyl (C=O) groups excluding carboxylic acids is 1. The predicted octanol–water partition coefficient (Wildman–Crippen LogP) is 4.87. The van der Waals surface area contributed by atoms with Crippen molar-refractivity contribution in [1.82, 2.24) is 14.5 Å². The number of nitrogens with zero attached hydrogens (tertiary/aromatic N) is 3. The minimum absolute atomic E-state index is 0.136. The van der Waals surface area contributed by atoms with Crippen LogP contribution in [0, 0.1) is 0 Å². The number of fused-ring (bicyclic) bond motifs is 1. The molecule has 2 aromatic carbocycles. The van der Waals surface area contributed by atoms with E-state index in [1.165, 1.54) is 0 Å². The number of imidazole rings is 1. The van der Waals surface area contributed by atoms with E-state index in [2.05, 4.69) is 4.57 Å². The maximum atomic E-state index is 12.5. The molecule has 0 aliphatic carbocycles. The summed E-state index contributed by atoms with van der Waals surface area (Å²) in [4.78, 5) is 19.0. The average molecular weight is 438 g/mol. The predicted molar refractivity (Wildman–Crippen MR) is 123 cm³/mol. The third kappa shape index (κ3) is 5.15. The average Bonchev–Trinajstić information content (AvgIpc) is 3.10. The molecule has 7 nitrogen and oxygen atoms in total. The highest BCUT2D eigenvalue weighted by Gasteiger charge is 2.29. The van der Waals surface area contributed by atoms with Crippen LogP contribution < -0.4 is 9.47 Å². The van der Waals surface area contributed by atoms with Crippen molar-refractivity contribution in [2.45, 2.75) is 51.9 Å². The largest absolute Gasteiger partial charge is 0.497 e. The Bertz CT molecular complexity index is 1070. The highest BCUT2D eigenvalue weighted by atomic mass is 16.6. The molecule has 1 atom stereocenters. The number of hydrogen-bond donors (Lipinski definition) is 0. The van der Waals surface area contributed by atoms with E-state index in [-0.39, 0.29) is 12.2 Å². The second kappa shape index (κ2) is 9.10. The molecule has 1 saturated heterocycles. The van der Waals surface area contributed by atoms with Crippen LogP contribution in [-0.4, -0.2) is 52.4 Å². The van der Waals surface area contributed by atoms with E-state index in [9.17, 15) is 4.79 Å². The van der Waals surface area contributed by atoms with E-state index in [1.807, 2.05) is 69.3 Å². The molecule has 0 radical (unpaired) electrons. The molecular weight excluding hydrogens is 406 g/mol. The SMILES string of the molecule is COc1ccc(Cn2c(O[C@H]3CCCN(C(=O)OC(C)(C)C)C3)nc3ccccc32)cc1. The fraction of sp³-hybridized carbons (Fsp3) is 0.440. The standard InChI is InChI=1S/C25H31N3O4/c1-25(2,3)32-24(29)27-15-7-8-20(17-27)31-23-26-21-9-5-6-10-22(21)28(23)16-18-11-13-19(30-4)14-12-18/h5-6,9-14,20H,7-8,15-17H2,1-4H3/t20-/m0/s1. The molecule has 1 fully saturated rings. The number of para-hydroxylation sites is 2. The van der Waals surface area contributed by atoms with Crippen LogP contribution in [0.2, 0.25) is 0 Å². The lowest BCUT2D eigenvalue weighted by molar-refractivity contribution is 0.00626. The summed E-state index contributed by atoms with van der Waals surface area (Å²) in [6, 6.07) is 16.6. The first kappa shape index (κ1) is 22.0. The third-order valence-corrected chi connectivity index (χ3v) is 5.42. The van der Waals surface area contributed by atoms with Crippen molar-refractivity contribution in [2.24, 2.45) is 0 Å². The Labute approximate surface area is 188 Å². The van der Waals surface area contributed by atoms with Crippen molar-refractivity contribution in [3.05, 3.63) is 54.1 Å². The van der Waals surface area contributed by atoms with Gasteiger partial charge in [-0.15, -0.1) is 0 Å². The van der Waals surface area contributed by atoms with Gasteiger partial charge in [0.1, 0.15) is 17.5 Å². The Morgan fingerprint density at radius 2 is 1.88 bits per heavy atom. The Hall–Kier alpha value is -3.22. The molecule has 4 rings (SSSR count). The fourth-order valence-corrected chi connectivity index (χ4v) is 3.89. The van der Waals surface area contributed by atoms with Crippen molar-refractivity contribution < 1.29 is 19.0 Å². The number of amides is 1. The van der Waals surface area contributed by atoms with E-state index in [0.717, 1.165) is 35.2 Å². The van der Waals surface area contributed by atoms with Gasteiger partial charge < -0.3 is 19.1 Å². The first-order valence-corrected chi connectivity index (χ1v) is 11.1. The molecule has 1 aliphatic heterocycles. The normalized spacial score (nSPS) is 16.8. The molecule has 3 aromatic rings. The zero-order valence-corrected chi connectivity index (χ0v) is 19.2. The van der Waals surface area contributed by atoms with Crippen molar-refractivity contribution in [1.29, 1.82) is 0 Å². The summed E-state index contributed by atoms with van der Waals surface area (Å²) in [6.45, 7) is 7.43. The van der Waals surface area contributed by atoms with Crippen LogP contribution in [0.25, 0.3) is 11.0 Å². The third-order valence-electron chi connectivity index (χ3n) is 5.42. The van der Waals surface area contributed by atoms with Crippen molar-refractivity contribution >= 4 is 17.1 Å². The number of benzene rings is 2. The number of ether oxygens (including phenoxy) is 3. The zero-order valence-electron chi connectivity index (χ0n) is 19.2. The minimum Gasteiger partial charge on any atom is -0.497 e. The topological polar surface area (TPSA) is 65.8 Å². The van der Waals surface area contributed by atoms with Gasteiger partial charge in [0.25, 0.3) is 6.01 Å². The smallest absolute Gasteiger partial charge is 0.410 e. The molecule has 1 aromatic heterocycles. The van der Waals surface area contributed by atoms with Gasteiger partial charge in [-0.25, -0.2) is 4.79 Å². The molecule has 1 amide bonds. The first-order chi connectivity index (χ1) is 15.3. The molecule has 0 N–H and O–H groups in total. The number of rotatable bonds is 5. The summed E-state index contributed by atoms with van der Waals surface area (Å²) in [5.74, 6) is 0.824. The molecule has 1 aliphatic rings. The highest BCUT2D eigenvalue weighted by molar-refractivity contribution is 5.76. The summed E-state index contributed by atoms with van der Waals surface area (Å²) in [7, 11) is 1.66. The lowest BCUT2D eigenvalue weighted by Gasteiger charge is -2.34. The van der Waals surface area contributed by atoms with Crippen LogP contribution in [0.5, 0.6) is 11.8 Å². The number of hydrogen-bond acceptors (Lipinski definition) is 5. The Balaban J connectivity index is 1.54. The monoisotopic (exact) mass is 437 g/mol. The number of carbonyl (C=O) groups is 1. The maximum Gasteiger partial charge on any atom is 0.410 e. The molecule has 0 spiro atoms. The van der Waals surface area contributed by atoms with Crippen molar-refractivity contribution in [2.75, 3.05) is 20.2 Å². The minimum atomic E-state index is -0.517. The van der Waals surface area contributed by atoms with Gasteiger partial charge in [0.15, 0.2) is 0 Å². The molecule has 7 heteroatoms. The number of methoxy groups -OCH3 is 1. The van der Waals surface area contributed by atoms with E-state index < -0.39 is 5.60 Å². The molecule has 170 valence electrons. The lowest BCUT2D eigenvalue weighted by atomic mass is 10.1. The second-order valence-electron chi connectivity index (χ2n) is 9.13. The van der Waals surface area contributed by atoms with Gasteiger partial charge in [0.2, 0.25) is 0 Å². The number of aromatic nitrogens is 2. The quantitative estimate of drug-likeness (QED) is 0.570. The maximum absolute atomic E-state index is 12.5. The van der Waals surface area contributed by atoms with Crippen LogP contribution in [0.1, 0.15) is 39.2 Å². The Morgan fingerprint density at radius 3 is 2.59 bits per heavy atom. The van der Waals surface area contributed by atoms with Crippen LogP contribution >= 0.6 is 0 Å². The summed E-state index contributed by atoms with van der Waals surface area (Å²) in [5, 5.41) is 0. The van der Waals surface area contributed by atoms with Crippen molar-refractivity contribution in [3.8, 4) is 11.8 Å². The summed E-state index contributed by atoms with van der Waals surface area (Å²) < 4.78 is 19.3. The van der Waals surface area contributed by atoms with Gasteiger partial charge in [0, 0.05) is 6.54 Å². The van der Waals surface area contributed by atoms with E-state index in [0.29, 0.717) is 25.6 Å². The molecular formula is C25H31N3O4. The summed E-state index contributed by atoms with van der Waals surface area (Å²) >= 11 is 0. The van der Waals surface area contributed by atoms with Gasteiger partial charge in [-0.1, -0.05) is 24.3 Å². The molecule has 0 bridgehead atoms. The van der Waals surface area contributed by atoms with Crippen LogP contribution in [-0.2, 0) is 11.3 Å². The molecule has 0 unspecified atom stereocenters. The van der Waals surface area contributed by atoms with Gasteiger partial charge in [-0.05, 0) is 63.4 Å². The second-order valence-corrected chi connectivity index (χ2v) is 9.13. The Kier molecular flexibility index (Phi) is 6.26. The fourth-order valence-electron chi connectivity index (χ4n) is 3.89. The number of likely N-dealkylation sites (tertiary alicyclic amines) is 1. The van der Waals surface area contributed by atoms with Crippen LogP contribution in [0.4, 0.5) is 4.79 Å². The molecule has 2 heterocycles. The van der Waals surface area contributed by atoms with Gasteiger partial charge >= 0.3 is 6.09 Å². The zero-order chi connectivity index (χ0) is 22.7. The summed E-state index contributed by atoms with van der Waals surface area (Å²) in [5.41, 5.74) is 2.50. The van der Waals surface area contributed by atoms with Crippen LogP contribution in [0.15, 0.2) is 48.5 Å². The van der Waals surface area contributed by atoms with Gasteiger partial charge in [0.05, 0.1) is 31.2 Å². The summed E-state index contributed by atoms with van der Waals surface area (Å²) in [6.07, 6.45) is 1.30. The Morgan fingerprint density at radius 1 is 1.12 bits per heavy atom. The molecule has 32 heavy (non-hydrogen) atoms. The number of piperidine rings is 1. The van der Waals surface area contributed by atoms with Gasteiger partial charge in [-0.3, -0.25) is 4.57 Å². The van der Waals surface area contributed by atoms with E-state index >= 15 is 0 Å².